The molecule has 1 aromatic heterocycles. The smallest absolute Gasteiger partial charge is 0.267 e. The second kappa shape index (κ2) is 8.95. The highest BCUT2D eigenvalue weighted by Crippen LogP contribution is 2.26. The molecular weight excluding hydrogens is 397 g/mol. The first-order valence-electron chi connectivity index (χ1n) is 10.0. The predicted molar refractivity (Wildman–Crippen MR) is 113 cm³/mol. The van der Waals surface area contributed by atoms with Crippen molar-refractivity contribution < 1.29 is 18.7 Å². The molecule has 7 heteroatoms. The lowest BCUT2D eigenvalue weighted by atomic mass is 9.88. The minimum Gasteiger partial charge on any atom is -0.489 e. The summed E-state index contributed by atoms with van der Waals surface area (Å²) in [6, 6.07) is 15.0. The van der Waals surface area contributed by atoms with Crippen LogP contribution >= 0.6 is 0 Å². The van der Waals surface area contributed by atoms with Crippen LogP contribution in [0.15, 0.2) is 60.8 Å². The number of nitrogens with one attached hydrogen (secondary N) is 1. The molecule has 0 fully saturated rings. The van der Waals surface area contributed by atoms with Gasteiger partial charge >= 0.3 is 0 Å². The maximum Gasteiger partial charge on any atom is 0.267 e. The molecule has 4 rings (SSSR count). The van der Waals surface area contributed by atoms with Crippen LogP contribution < -0.4 is 15.8 Å². The van der Waals surface area contributed by atoms with Gasteiger partial charge in [0.05, 0.1) is 0 Å². The van der Waals surface area contributed by atoms with Gasteiger partial charge in [-0.3, -0.25) is 14.6 Å². The molecule has 1 aliphatic rings. The summed E-state index contributed by atoms with van der Waals surface area (Å²) in [5, 5.41) is 3.00. The molecule has 0 radical (unpaired) electrons. The van der Waals surface area contributed by atoms with Gasteiger partial charge in [-0.05, 0) is 78.4 Å². The number of primary amides is 1. The number of rotatable bonds is 6. The largest absolute Gasteiger partial charge is 0.489 e. The first-order chi connectivity index (χ1) is 15.0. The normalized spacial score (nSPS) is 15.1. The molecule has 0 saturated carbocycles. The van der Waals surface area contributed by atoms with Crippen molar-refractivity contribution in [1.82, 2.24) is 10.3 Å². The molecule has 6 nitrogen and oxygen atoms in total. The molecule has 0 spiro atoms. The second-order valence-corrected chi connectivity index (χ2v) is 7.56. The number of nitrogens with two attached hydrogens (primary N) is 1. The van der Waals surface area contributed by atoms with Crippen molar-refractivity contribution in [2.45, 2.75) is 31.9 Å². The van der Waals surface area contributed by atoms with Crippen molar-refractivity contribution in [3.63, 3.8) is 0 Å². The highest BCUT2D eigenvalue weighted by Gasteiger charge is 2.21. The van der Waals surface area contributed by atoms with E-state index in [1.807, 2.05) is 18.2 Å². The van der Waals surface area contributed by atoms with Crippen molar-refractivity contribution in [2.75, 3.05) is 0 Å². The summed E-state index contributed by atoms with van der Waals surface area (Å²) < 4.78 is 19.3. The SMILES string of the molecule is NC(=O)c1cc(COc2ccc3c(c2)CC(NC(=O)c2cccc(F)c2)CC3)ccn1. The number of benzene rings is 2. The van der Waals surface area contributed by atoms with Gasteiger partial charge in [-0.15, -0.1) is 0 Å². The average Bonchev–Trinajstić information content (AvgIpc) is 2.77. The van der Waals surface area contributed by atoms with E-state index in [-0.39, 0.29) is 24.2 Å². The molecule has 0 bridgehead atoms. The van der Waals surface area contributed by atoms with E-state index in [2.05, 4.69) is 10.3 Å². The van der Waals surface area contributed by atoms with Crippen LogP contribution in [0.1, 0.15) is 44.0 Å². The third kappa shape index (κ3) is 5.06. The van der Waals surface area contributed by atoms with Gasteiger partial charge in [-0.2, -0.15) is 0 Å². The van der Waals surface area contributed by atoms with E-state index in [0.29, 0.717) is 17.7 Å². The van der Waals surface area contributed by atoms with Crippen molar-refractivity contribution >= 4 is 11.8 Å². The lowest BCUT2D eigenvalue weighted by Gasteiger charge is -2.26. The molecule has 1 aliphatic carbocycles. The summed E-state index contributed by atoms with van der Waals surface area (Å²) in [6.07, 6.45) is 3.86. The number of hydrogen-bond donors (Lipinski definition) is 2. The zero-order valence-corrected chi connectivity index (χ0v) is 16.8. The van der Waals surface area contributed by atoms with Crippen molar-refractivity contribution in [2.24, 2.45) is 5.73 Å². The fraction of sp³-hybridized carbons (Fsp3) is 0.208. The first-order valence-corrected chi connectivity index (χ1v) is 10.0. The fourth-order valence-electron chi connectivity index (χ4n) is 3.71. The number of halogens is 1. The molecule has 3 aromatic rings. The lowest BCUT2D eigenvalue weighted by molar-refractivity contribution is 0.0932. The number of pyridine rings is 1. The molecule has 3 N–H and O–H groups in total. The Hall–Kier alpha value is -3.74. The van der Waals surface area contributed by atoms with Crippen molar-refractivity contribution in [1.29, 1.82) is 0 Å². The van der Waals surface area contributed by atoms with E-state index in [1.165, 1.54) is 30.0 Å². The van der Waals surface area contributed by atoms with E-state index in [4.69, 9.17) is 10.5 Å². The topological polar surface area (TPSA) is 94.3 Å². The lowest BCUT2D eigenvalue weighted by Crippen LogP contribution is -2.38. The zero-order valence-electron chi connectivity index (χ0n) is 16.8. The summed E-state index contributed by atoms with van der Waals surface area (Å²) >= 11 is 0. The summed E-state index contributed by atoms with van der Waals surface area (Å²) in [7, 11) is 0. The average molecular weight is 419 g/mol. The monoisotopic (exact) mass is 419 g/mol. The summed E-state index contributed by atoms with van der Waals surface area (Å²) in [5.41, 5.74) is 8.91. The Bertz CT molecular complexity index is 1130. The Morgan fingerprint density at radius 3 is 2.81 bits per heavy atom. The Labute approximate surface area is 179 Å². The van der Waals surface area contributed by atoms with Crippen molar-refractivity contribution in [3.05, 3.63) is 94.6 Å². The number of nitrogens with zero attached hydrogens (tertiary/aromatic N) is 1. The molecule has 2 amide bonds. The van der Waals surface area contributed by atoms with Gasteiger partial charge < -0.3 is 15.8 Å². The molecule has 31 heavy (non-hydrogen) atoms. The Balaban J connectivity index is 1.40. The van der Waals surface area contributed by atoms with E-state index >= 15 is 0 Å². The molecule has 0 saturated heterocycles. The summed E-state index contributed by atoms with van der Waals surface area (Å²) in [6.45, 7) is 0.279. The molecule has 1 unspecified atom stereocenters. The van der Waals surface area contributed by atoms with Gasteiger partial charge in [0.1, 0.15) is 23.9 Å². The van der Waals surface area contributed by atoms with Gasteiger partial charge in [0.15, 0.2) is 0 Å². The molecule has 1 atom stereocenters. The van der Waals surface area contributed by atoms with Crippen LogP contribution in [0.2, 0.25) is 0 Å². The van der Waals surface area contributed by atoms with Gasteiger partial charge in [0.2, 0.25) is 0 Å². The number of carbonyl (C=O) groups is 2. The van der Waals surface area contributed by atoms with Gasteiger partial charge in [-0.25, -0.2) is 4.39 Å². The number of carbonyl (C=O) groups excluding carboxylic acids is 2. The van der Waals surface area contributed by atoms with Crippen LogP contribution in [0.4, 0.5) is 4.39 Å². The Morgan fingerprint density at radius 2 is 2.00 bits per heavy atom. The summed E-state index contributed by atoms with van der Waals surface area (Å²) in [4.78, 5) is 27.6. The number of aromatic nitrogens is 1. The number of amides is 2. The standard InChI is InChI=1S/C24H22FN3O3/c25-19-3-1-2-17(11-19)24(30)28-20-6-4-16-5-7-21(13-18(16)12-20)31-14-15-8-9-27-22(10-15)23(26)29/h1-3,5,7-11,13,20H,4,6,12,14H2,(H2,26,29)(H,28,30). The number of ether oxygens (including phenoxy) is 1. The second-order valence-electron chi connectivity index (χ2n) is 7.56. The van der Waals surface area contributed by atoms with E-state index in [9.17, 15) is 14.0 Å². The van der Waals surface area contributed by atoms with Crippen LogP contribution in [-0.2, 0) is 19.4 Å². The number of aryl methyl sites for hydroxylation is 1. The molecule has 158 valence electrons. The van der Waals surface area contributed by atoms with E-state index < -0.39 is 11.7 Å². The third-order valence-corrected chi connectivity index (χ3v) is 5.31. The van der Waals surface area contributed by atoms with Crippen molar-refractivity contribution in [3.8, 4) is 5.75 Å². The van der Waals surface area contributed by atoms with Crippen LogP contribution in [0.3, 0.4) is 0 Å². The number of hydrogen-bond acceptors (Lipinski definition) is 4. The molecule has 0 aliphatic heterocycles. The minimum absolute atomic E-state index is 0.0307. The molecule has 2 aromatic carbocycles. The molecular formula is C24H22FN3O3. The predicted octanol–water partition coefficient (Wildman–Crippen LogP) is 3.19. The van der Waals surface area contributed by atoms with Crippen LogP contribution in [0, 0.1) is 5.82 Å². The van der Waals surface area contributed by atoms with Crippen LogP contribution in [0.5, 0.6) is 5.75 Å². The highest BCUT2D eigenvalue weighted by atomic mass is 19.1. The zero-order chi connectivity index (χ0) is 21.8. The van der Waals surface area contributed by atoms with E-state index in [1.54, 1.807) is 18.2 Å². The quantitative estimate of drug-likeness (QED) is 0.642. The Morgan fingerprint density at radius 1 is 1.13 bits per heavy atom. The van der Waals surface area contributed by atoms with Gasteiger partial charge in [0, 0.05) is 17.8 Å². The van der Waals surface area contributed by atoms with E-state index in [0.717, 1.165) is 24.0 Å². The molecule has 1 heterocycles. The minimum atomic E-state index is -0.582. The summed E-state index contributed by atoms with van der Waals surface area (Å²) in [5.74, 6) is -0.584. The third-order valence-electron chi connectivity index (χ3n) is 5.31. The van der Waals surface area contributed by atoms with Crippen LogP contribution in [-0.4, -0.2) is 22.8 Å². The highest BCUT2D eigenvalue weighted by molar-refractivity contribution is 5.94. The van der Waals surface area contributed by atoms with Gasteiger partial charge in [0.25, 0.3) is 11.8 Å². The van der Waals surface area contributed by atoms with Gasteiger partial charge in [-0.1, -0.05) is 12.1 Å². The maximum atomic E-state index is 13.4. The van der Waals surface area contributed by atoms with Crippen LogP contribution in [0.25, 0.3) is 0 Å². The number of fused-ring (bicyclic) bond motifs is 1. The fourth-order valence-corrected chi connectivity index (χ4v) is 3.71. The maximum absolute atomic E-state index is 13.4. The first kappa shape index (κ1) is 20.5. The Kier molecular flexibility index (Phi) is 5.93.